The number of furan rings is 1. The van der Waals surface area contributed by atoms with E-state index in [-0.39, 0.29) is 16.4 Å². The first-order chi connectivity index (χ1) is 9.96. The van der Waals surface area contributed by atoms with Crippen molar-refractivity contribution in [1.29, 1.82) is 0 Å². The topological polar surface area (TPSA) is 106 Å². The van der Waals surface area contributed by atoms with Crippen molar-refractivity contribution in [3.05, 3.63) is 17.6 Å². The van der Waals surface area contributed by atoms with E-state index in [1.807, 2.05) is 0 Å². The van der Waals surface area contributed by atoms with Crippen LogP contribution in [0, 0.1) is 6.92 Å². The molecule has 2 rings (SSSR count). The van der Waals surface area contributed by atoms with Crippen LogP contribution in [0.5, 0.6) is 0 Å². The fraction of sp³-hybridized carbons (Fsp3) is 0.615. The molecule has 0 radical (unpaired) electrons. The highest BCUT2D eigenvalue weighted by Gasteiger charge is 2.31. The number of nitrogens with zero attached hydrogens (tertiary/aromatic N) is 1. The van der Waals surface area contributed by atoms with Crippen molar-refractivity contribution in [3.8, 4) is 0 Å². The minimum Gasteiger partial charge on any atom is -0.455 e. The van der Waals surface area contributed by atoms with Crippen LogP contribution in [0.3, 0.4) is 0 Å². The van der Waals surface area contributed by atoms with Crippen molar-refractivity contribution in [1.82, 2.24) is 9.62 Å². The van der Waals surface area contributed by atoms with Gasteiger partial charge in [-0.2, -0.15) is 4.31 Å². The van der Waals surface area contributed by atoms with Gasteiger partial charge in [0.05, 0.1) is 0 Å². The third-order valence-corrected chi connectivity index (χ3v) is 5.45. The monoisotopic (exact) mass is 315 g/mol. The highest BCUT2D eigenvalue weighted by atomic mass is 32.2. The van der Waals surface area contributed by atoms with Gasteiger partial charge in [-0.25, -0.2) is 8.42 Å². The second-order valence-corrected chi connectivity index (χ2v) is 6.95. The van der Waals surface area contributed by atoms with Gasteiger partial charge in [0.2, 0.25) is 10.0 Å². The van der Waals surface area contributed by atoms with Crippen LogP contribution < -0.4 is 11.1 Å². The minimum absolute atomic E-state index is 0.0160. The average molecular weight is 315 g/mol. The van der Waals surface area contributed by atoms with Crippen LogP contribution >= 0.6 is 0 Å². The van der Waals surface area contributed by atoms with E-state index in [2.05, 4.69) is 5.32 Å². The lowest BCUT2D eigenvalue weighted by atomic mass is 10.4. The van der Waals surface area contributed by atoms with Crippen molar-refractivity contribution < 1.29 is 17.6 Å². The van der Waals surface area contributed by atoms with Gasteiger partial charge >= 0.3 is 0 Å². The van der Waals surface area contributed by atoms with Gasteiger partial charge in [0.15, 0.2) is 5.76 Å². The number of rotatable bonds is 6. The molecule has 8 heteroatoms. The first-order valence-electron chi connectivity index (χ1n) is 7.05. The molecule has 0 saturated carbocycles. The van der Waals surface area contributed by atoms with E-state index in [1.165, 1.54) is 10.4 Å². The summed E-state index contributed by atoms with van der Waals surface area (Å²) in [4.78, 5) is 12.0. The molecule has 3 N–H and O–H groups in total. The van der Waals surface area contributed by atoms with E-state index in [0.717, 1.165) is 12.8 Å². The van der Waals surface area contributed by atoms with E-state index in [0.29, 0.717) is 32.6 Å². The molecule has 2 heterocycles. The smallest absolute Gasteiger partial charge is 0.287 e. The van der Waals surface area contributed by atoms with Crippen LogP contribution in [-0.2, 0) is 10.0 Å². The molecule has 0 bridgehead atoms. The molecule has 7 nitrogen and oxygen atoms in total. The van der Waals surface area contributed by atoms with E-state index in [9.17, 15) is 13.2 Å². The SMILES string of the molecule is Cc1oc(C(=O)NCCCN)cc1S(=O)(=O)N1CCCC1. The lowest BCUT2D eigenvalue weighted by Gasteiger charge is -2.14. The molecular weight excluding hydrogens is 294 g/mol. The highest BCUT2D eigenvalue weighted by Crippen LogP contribution is 2.26. The van der Waals surface area contributed by atoms with Crippen molar-refractivity contribution in [3.63, 3.8) is 0 Å². The molecule has 0 unspecified atom stereocenters. The Morgan fingerprint density at radius 2 is 2.10 bits per heavy atom. The predicted molar refractivity (Wildman–Crippen MR) is 77.4 cm³/mol. The molecular formula is C13H21N3O4S. The van der Waals surface area contributed by atoms with Crippen LogP contribution in [0.15, 0.2) is 15.4 Å². The predicted octanol–water partition coefficient (Wildman–Crippen LogP) is 0.451. The average Bonchev–Trinajstić information content (AvgIpc) is 3.08. The third-order valence-electron chi connectivity index (χ3n) is 3.45. The second-order valence-electron chi connectivity index (χ2n) is 5.04. The molecule has 118 valence electrons. The van der Waals surface area contributed by atoms with Crippen LogP contribution in [0.25, 0.3) is 0 Å². The van der Waals surface area contributed by atoms with Crippen LogP contribution in [0.2, 0.25) is 0 Å². The normalized spacial score (nSPS) is 16.3. The summed E-state index contributed by atoms with van der Waals surface area (Å²) in [6, 6.07) is 1.31. The Hall–Kier alpha value is -1.38. The van der Waals surface area contributed by atoms with Gasteiger partial charge in [-0.3, -0.25) is 4.79 Å². The van der Waals surface area contributed by atoms with Gasteiger partial charge < -0.3 is 15.5 Å². The fourth-order valence-electron chi connectivity index (χ4n) is 2.29. The Bertz CT molecular complexity index is 603. The van der Waals surface area contributed by atoms with Gasteiger partial charge in [-0.05, 0) is 32.7 Å². The van der Waals surface area contributed by atoms with Gasteiger partial charge in [0.25, 0.3) is 5.91 Å². The zero-order valence-corrected chi connectivity index (χ0v) is 12.9. The standard InChI is InChI=1S/C13H21N3O4S/c1-10-12(21(18,19)16-7-2-3-8-16)9-11(20-10)13(17)15-6-4-5-14/h9H,2-8,14H2,1H3,(H,15,17). The summed E-state index contributed by atoms with van der Waals surface area (Å²) >= 11 is 0. The molecule has 1 amide bonds. The van der Waals surface area contributed by atoms with E-state index >= 15 is 0 Å². The Morgan fingerprint density at radius 3 is 2.71 bits per heavy atom. The molecule has 0 atom stereocenters. The number of carbonyl (C=O) groups excluding carboxylic acids is 1. The highest BCUT2D eigenvalue weighted by molar-refractivity contribution is 7.89. The number of carbonyl (C=O) groups is 1. The van der Waals surface area contributed by atoms with E-state index < -0.39 is 15.9 Å². The molecule has 0 aromatic carbocycles. The molecule has 0 aliphatic carbocycles. The molecule has 1 aromatic heterocycles. The lowest BCUT2D eigenvalue weighted by molar-refractivity contribution is 0.0924. The van der Waals surface area contributed by atoms with Crippen LogP contribution in [0.4, 0.5) is 0 Å². The Balaban J connectivity index is 2.17. The van der Waals surface area contributed by atoms with Crippen molar-refractivity contribution in [2.75, 3.05) is 26.2 Å². The molecule has 1 fully saturated rings. The van der Waals surface area contributed by atoms with E-state index in [4.69, 9.17) is 10.2 Å². The summed E-state index contributed by atoms with van der Waals surface area (Å²) in [5, 5.41) is 2.64. The molecule has 1 aromatic rings. The molecule has 1 saturated heterocycles. The van der Waals surface area contributed by atoms with Crippen LogP contribution in [0.1, 0.15) is 35.6 Å². The number of hydrogen-bond donors (Lipinski definition) is 2. The summed E-state index contributed by atoms with van der Waals surface area (Å²) in [5.41, 5.74) is 5.35. The lowest BCUT2D eigenvalue weighted by Crippen LogP contribution is -2.28. The fourth-order valence-corrected chi connectivity index (χ4v) is 3.97. The Kier molecular flexibility index (Phi) is 5.02. The van der Waals surface area contributed by atoms with Gasteiger partial charge in [0, 0.05) is 25.7 Å². The van der Waals surface area contributed by atoms with Gasteiger partial charge in [0.1, 0.15) is 10.7 Å². The van der Waals surface area contributed by atoms with Crippen molar-refractivity contribution >= 4 is 15.9 Å². The maximum Gasteiger partial charge on any atom is 0.287 e. The summed E-state index contributed by atoms with van der Waals surface area (Å²) < 4.78 is 31.7. The van der Waals surface area contributed by atoms with E-state index in [1.54, 1.807) is 6.92 Å². The van der Waals surface area contributed by atoms with Gasteiger partial charge in [-0.15, -0.1) is 0 Å². The van der Waals surface area contributed by atoms with Crippen molar-refractivity contribution in [2.24, 2.45) is 5.73 Å². The second kappa shape index (κ2) is 6.59. The molecule has 0 spiro atoms. The Morgan fingerprint density at radius 1 is 1.43 bits per heavy atom. The van der Waals surface area contributed by atoms with Crippen molar-refractivity contribution in [2.45, 2.75) is 31.1 Å². The number of amides is 1. The summed E-state index contributed by atoms with van der Waals surface area (Å²) in [6.45, 7) is 3.50. The molecule has 1 aliphatic rings. The van der Waals surface area contributed by atoms with Crippen LogP contribution in [-0.4, -0.2) is 44.8 Å². The first-order valence-corrected chi connectivity index (χ1v) is 8.49. The third kappa shape index (κ3) is 3.45. The van der Waals surface area contributed by atoms with Gasteiger partial charge in [-0.1, -0.05) is 0 Å². The maximum atomic E-state index is 12.5. The first kappa shape index (κ1) is 16.0. The zero-order chi connectivity index (χ0) is 15.5. The molecule has 21 heavy (non-hydrogen) atoms. The maximum absolute atomic E-state index is 12.5. The zero-order valence-electron chi connectivity index (χ0n) is 12.1. The summed E-state index contributed by atoms with van der Waals surface area (Å²) in [6.07, 6.45) is 2.38. The number of nitrogens with two attached hydrogens (primary N) is 1. The summed E-state index contributed by atoms with van der Waals surface area (Å²) in [7, 11) is -3.57. The number of aryl methyl sites for hydroxylation is 1. The number of sulfonamides is 1. The minimum atomic E-state index is -3.57. The summed E-state index contributed by atoms with van der Waals surface area (Å²) in [5.74, 6) is -0.164. The Labute approximate surface area is 124 Å². The molecule has 1 aliphatic heterocycles. The largest absolute Gasteiger partial charge is 0.455 e. The quantitative estimate of drug-likeness (QED) is 0.742. The number of hydrogen-bond acceptors (Lipinski definition) is 5. The number of nitrogens with one attached hydrogen (secondary N) is 1.